The van der Waals surface area contributed by atoms with E-state index in [1.54, 1.807) is 24.3 Å². The molecule has 3 aromatic rings. The molecule has 0 saturated carbocycles. The molecule has 4 N–H and O–H groups in total. The van der Waals surface area contributed by atoms with Crippen LogP contribution in [0.4, 0.5) is 0 Å². The number of hydrogen-bond donors (Lipinski definition) is 4. The van der Waals surface area contributed by atoms with Crippen molar-refractivity contribution in [1.29, 1.82) is 0 Å². The monoisotopic (exact) mass is 476 g/mol. The third kappa shape index (κ3) is 17.0. The molecule has 176 valence electrons. The molecule has 0 atom stereocenters. The first kappa shape index (κ1) is 30.4. The molecular weight excluding hydrogens is 438 g/mol. The molecule has 0 aromatic heterocycles. The second-order valence-electron chi connectivity index (χ2n) is 6.81. The lowest BCUT2D eigenvalue weighted by Gasteiger charge is -1.98. The van der Waals surface area contributed by atoms with Crippen molar-refractivity contribution in [2.45, 2.75) is 46.5 Å². The second-order valence-corrected chi connectivity index (χ2v) is 9.09. The van der Waals surface area contributed by atoms with Crippen LogP contribution in [0, 0.1) is 0 Å². The Labute approximate surface area is 196 Å². The van der Waals surface area contributed by atoms with Crippen molar-refractivity contribution in [3.05, 3.63) is 91.0 Å². The van der Waals surface area contributed by atoms with Crippen LogP contribution in [-0.2, 0) is 0 Å². The van der Waals surface area contributed by atoms with E-state index in [9.17, 15) is 0 Å². The van der Waals surface area contributed by atoms with Crippen molar-refractivity contribution in [2.24, 2.45) is 0 Å². The minimum absolute atomic E-state index is 0.575. The Morgan fingerprint density at radius 3 is 1.12 bits per heavy atom. The zero-order valence-electron chi connectivity index (χ0n) is 19.4. The molecule has 32 heavy (non-hydrogen) atoms. The molecular formula is C26H38O4P2. The highest BCUT2D eigenvalue weighted by molar-refractivity contribution is 7.54. The first-order chi connectivity index (χ1) is 15.5. The molecule has 0 bridgehead atoms. The molecule has 6 heteroatoms. The quantitative estimate of drug-likeness (QED) is 0.293. The van der Waals surface area contributed by atoms with Crippen LogP contribution in [0.5, 0.6) is 0 Å². The minimum atomic E-state index is -1.90. The lowest BCUT2D eigenvalue weighted by molar-refractivity contribution is 0.480. The average Bonchev–Trinajstić information content (AvgIpc) is 2.85. The van der Waals surface area contributed by atoms with Gasteiger partial charge in [0.25, 0.3) is 0 Å². The average molecular weight is 477 g/mol. The van der Waals surface area contributed by atoms with Crippen LogP contribution in [0.1, 0.15) is 46.5 Å². The molecule has 3 aromatic carbocycles. The predicted molar refractivity (Wildman–Crippen MR) is 141 cm³/mol. The smallest absolute Gasteiger partial charge is 0.199 e. The molecule has 0 aliphatic heterocycles. The number of benzene rings is 3. The molecule has 0 spiro atoms. The molecule has 0 fully saturated rings. The van der Waals surface area contributed by atoms with Crippen molar-refractivity contribution in [3.8, 4) is 11.1 Å². The summed E-state index contributed by atoms with van der Waals surface area (Å²) in [6, 6.07) is 29.5. The van der Waals surface area contributed by atoms with Gasteiger partial charge in [0.2, 0.25) is 0 Å². The fourth-order valence-electron chi connectivity index (χ4n) is 2.12. The number of rotatable bonds is 6. The molecule has 0 amide bonds. The first-order valence-corrected chi connectivity index (χ1v) is 13.6. The fourth-order valence-corrected chi connectivity index (χ4v) is 3.16. The summed E-state index contributed by atoms with van der Waals surface area (Å²) in [5.74, 6) is 0. The van der Waals surface area contributed by atoms with E-state index in [1.165, 1.54) is 24.0 Å². The van der Waals surface area contributed by atoms with Crippen molar-refractivity contribution in [1.82, 2.24) is 0 Å². The van der Waals surface area contributed by atoms with Gasteiger partial charge in [-0.15, -0.1) is 0 Å². The normalized spacial score (nSPS) is 9.66. The van der Waals surface area contributed by atoms with Crippen molar-refractivity contribution in [2.75, 3.05) is 6.16 Å². The standard InChI is InChI=1S/C12H10.C6H7O2P.C4H11O2P.C4H10/c1-3-7-11(8-4-1)12-9-5-2-6-10-12;7-9(8)6-4-2-1-3-5-6;1-2-3-4-7(5)6;1-3-4-2/h1-10H;1-5,7-8H;5-6H,2-4H2,1H3;3-4H2,1-2H3. The molecule has 0 saturated heterocycles. The van der Waals surface area contributed by atoms with Crippen LogP contribution in [0.2, 0.25) is 0 Å². The molecule has 0 heterocycles. The van der Waals surface area contributed by atoms with Crippen LogP contribution in [0.15, 0.2) is 91.0 Å². The summed E-state index contributed by atoms with van der Waals surface area (Å²) in [6.07, 6.45) is 5.19. The van der Waals surface area contributed by atoms with Gasteiger partial charge < -0.3 is 19.6 Å². The molecule has 0 aliphatic carbocycles. The minimum Gasteiger partial charge on any atom is -0.350 e. The van der Waals surface area contributed by atoms with E-state index in [0.29, 0.717) is 11.5 Å². The highest BCUT2D eigenvalue weighted by Gasteiger charge is 1.98. The maximum atomic E-state index is 8.64. The topological polar surface area (TPSA) is 80.9 Å². The van der Waals surface area contributed by atoms with Gasteiger partial charge in [-0.3, -0.25) is 0 Å². The van der Waals surface area contributed by atoms with Gasteiger partial charge >= 0.3 is 0 Å². The van der Waals surface area contributed by atoms with Crippen molar-refractivity contribution >= 4 is 22.1 Å². The summed E-state index contributed by atoms with van der Waals surface area (Å²) in [5.41, 5.74) is 2.55. The number of hydrogen-bond acceptors (Lipinski definition) is 4. The fraction of sp³-hybridized carbons (Fsp3) is 0.308. The van der Waals surface area contributed by atoms with E-state index in [-0.39, 0.29) is 0 Å². The third-order valence-corrected chi connectivity index (χ3v) is 5.56. The van der Waals surface area contributed by atoms with E-state index in [1.807, 2.05) is 25.1 Å². The van der Waals surface area contributed by atoms with Crippen LogP contribution < -0.4 is 5.30 Å². The van der Waals surface area contributed by atoms with Crippen LogP contribution in [0.25, 0.3) is 11.1 Å². The van der Waals surface area contributed by atoms with E-state index in [4.69, 9.17) is 19.6 Å². The molecule has 3 rings (SSSR count). The van der Waals surface area contributed by atoms with E-state index < -0.39 is 16.8 Å². The first-order valence-electron chi connectivity index (χ1n) is 10.9. The highest BCUT2D eigenvalue weighted by Crippen LogP contribution is 2.23. The molecule has 4 nitrogen and oxygen atoms in total. The van der Waals surface area contributed by atoms with Gasteiger partial charge in [0.1, 0.15) is 0 Å². The van der Waals surface area contributed by atoms with Gasteiger partial charge in [0, 0.05) is 11.5 Å². The van der Waals surface area contributed by atoms with Gasteiger partial charge in [0.05, 0.1) is 0 Å². The number of unbranched alkanes of at least 4 members (excludes halogenated alkanes) is 2. The van der Waals surface area contributed by atoms with Gasteiger partial charge in [-0.1, -0.05) is 119 Å². The summed E-state index contributed by atoms with van der Waals surface area (Å²) in [7, 11) is -3.50. The van der Waals surface area contributed by atoms with Crippen LogP contribution >= 0.6 is 16.8 Å². The van der Waals surface area contributed by atoms with Gasteiger partial charge in [-0.2, -0.15) is 0 Å². The summed E-state index contributed by atoms with van der Waals surface area (Å²) in [5, 5.41) is 0.590. The van der Waals surface area contributed by atoms with E-state index >= 15 is 0 Å². The summed E-state index contributed by atoms with van der Waals surface area (Å²) >= 11 is 0. The Kier molecular flexibility index (Phi) is 20.1. The SMILES string of the molecule is CCCC.CCCCP(O)O.OP(O)c1ccccc1.c1ccc(-c2ccccc2)cc1. The van der Waals surface area contributed by atoms with Gasteiger partial charge in [0.15, 0.2) is 16.8 Å². The van der Waals surface area contributed by atoms with E-state index in [0.717, 1.165) is 12.8 Å². The zero-order chi connectivity index (χ0) is 24.0. The third-order valence-electron chi connectivity index (χ3n) is 4.08. The predicted octanol–water partition coefficient (Wildman–Crippen LogP) is 6.85. The molecule has 0 radical (unpaired) electrons. The van der Waals surface area contributed by atoms with Crippen molar-refractivity contribution in [3.63, 3.8) is 0 Å². The Morgan fingerprint density at radius 1 is 0.531 bits per heavy atom. The lowest BCUT2D eigenvalue weighted by atomic mass is 10.1. The Hall–Kier alpha value is -1.64. The summed E-state index contributed by atoms with van der Waals surface area (Å²) < 4.78 is 0. The second kappa shape index (κ2) is 21.2. The van der Waals surface area contributed by atoms with Crippen LogP contribution in [0.3, 0.4) is 0 Å². The maximum absolute atomic E-state index is 8.64. The largest absolute Gasteiger partial charge is 0.350 e. The highest BCUT2D eigenvalue weighted by atomic mass is 31.2. The van der Waals surface area contributed by atoms with E-state index in [2.05, 4.69) is 62.4 Å². The lowest BCUT2D eigenvalue weighted by Crippen LogP contribution is -1.96. The molecule has 0 aliphatic rings. The Bertz CT molecular complexity index is 715. The summed E-state index contributed by atoms with van der Waals surface area (Å²) in [4.78, 5) is 33.9. The Morgan fingerprint density at radius 2 is 0.906 bits per heavy atom. The van der Waals surface area contributed by atoms with Crippen LogP contribution in [-0.4, -0.2) is 25.7 Å². The summed E-state index contributed by atoms with van der Waals surface area (Å²) in [6.45, 7) is 6.39. The van der Waals surface area contributed by atoms with Crippen molar-refractivity contribution < 1.29 is 19.6 Å². The maximum Gasteiger partial charge on any atom is 0.199 e. The Balaban J connectivity index is 0.000000430. The zero-order valence-corrected chi connectivity index (χ0v) is 21.2. The van der Waals surface area contributed by atoms with Gasteiger partial charge in [-0.25, -0.2) is 0 Å². The molecule has 0 unspecified atom stereocenters. The van der Waals surface area contributed by atoms with Gasteiger partial charge in [-0.05, 0) is 29.7 Å².